The lowest BCUT2D eigenvalue weighted by Crippen LogP contribution is -2.42. The van der Waals surface area contributed by atoms with Crippen LogP contribution in [0.5, 0.6) is 0 Å². The molecule has 0 fully saturated rings. The number of anilines is 2. The van der Waals surface area contributed by atoms with Crippen molar-refractivity contribution in [2.24, 2.45) is 0 Å². The van der Waals surface area contributed by atoms with Gasteiger partial charge in [-0.1, -0.05) is 41.9 Å². The van der Waals surface area contributed by atoms with Gasteiger partial charge in [-0.25, -0.2) is 4.98 Å². The number of carbonyl (C=O) groups excluding carboxylic acids is 3. The van der Waals surface area contributed by atoms with Crippen LogP contribution in [0, 0.1) is 0 Å². The van der Waals surface area contributed by atoms with Crippen LogP contribution in [-0.4, -0.2) is 34.1 Å². The second-order valence-electron chi connectivity index (χ2n) is 7.98. The van der Waals surface area contributed by atoms with Gasteiger partial charge >= 0.3 is 0 Å². The highest BCUT2D eigenvalue weighted by atomic mass is 79.9. The average Bonchev–Trinajstić information content (AvgIpc) is 3.47. The van der Waals surface area contributed by atoms with Crippen LogP contribution >= 0.6 is 27.5 Å². The van der Waals surface area contributed by atoms with E-state index < -0.39 is 11.7 Å². The minimum atomic E-state index is -0.724. The minimum absolute atomic E-state index is 0.238. The molecule has 0 unspecified atom stereocenters. The van der Waals surface area contributed by atoms with Gasteiger partial charge in [0.1, 0.15) is 6.54 Å². The zero-order valence-electron chi connectivity index (χ0n) is 18.2. The number of aromatic nitrogens is 2. The number of ketones is 1. The maximum Gasteiger partial charge on any atom is 0.299 e. The van der Waals surface area contributed by atoms with Crippen molar-refractivity contribution in [3.8, 4) is 11.3 Å². The number of amides is 2. The molecule has 0 spiro atoms. The molecule has 0 bridgehead atoms. The third kappa shape index (κ3) is 4.50. The summed E-state index contributed by atoms with van der Waals surface area (Å²) in [5.41, 5.74) is 3.93. The van der Waals surface area contributed by atoms with E-state index in [0.717, 1.165) is 16.8 Å². The molecule has 9 heteroatoms. The molecule has 35 heavy (non-hydrogen) atoms. The molecule has 174 valence electrons. The van der Waals surface area contributed by atoms with Crippen LogP contribution in [0.3, 0.4) is 0 Å². The van der Waals surface area contributed by atoms with Crippen LogP contribution in [0.15, 0.2) is 83.7 Å². The number of halogens is 2. The van der Waals surface area contributed by atoms with Crippen molar-refractivity contribution in [1.29, 1.82) is 0 Å². The summed E-state index contributed by atoms with van der Waals surface area (Å²) in [6, 6.07) is 19.7. The number of benzene rings is 3. The fourth-order valence-electron chi connectivity index (χ4n) is 4.06. The lowest BCUT2D eigenvalue weighted by Gasteiger charge is -2.26. The molecule has 1 aliphatic heterocycles. The van der Waals surface area contributed by atoms with E-state index in [1.54, 1.807) is 47.8 Å². The van der Waals surface area contributed by atoms with Crippen LogP contribution < -0.4 is 9.80 Å². The quantitative estimate of drug-likeness (QED) is 0.333. The number of rotatable bonds is 6. The van der Waals surface area contributed by atoms with Crippen molar-refractivity contribution in [3.05, 3.63) is 99.9 Å². The van der Waals surface area contributed by atoms with E-state index in [-0.39, 0.29) is 24.6 Å². The Bertz CT molecular complexity index is 1440. The van der Waals surface area contributed by atoms with Gasteiger partial charge in [0.05, 0.1) is 36.0 Å². The molecular formula is C26H18BrClN4O3. The molecule has 0 aliphatic carbocycles. The van der Waals surface area contributed by atoms with Crippen LogP contribution in [0.1, 0.15) is 15.9 Å². The lowest BCUT2D eigenvalue weighted by atomic mass is 10.1. The van der Waals surface area contributed by atoms with E-state index in [0.29, 0.717) is 20.9 Å². The van der Waals surface area contributed by atoms with Crippen molar-refractivity contribution < 1.29 is 14.4 Å². The number of carbonyl (C=O) groups is 3. The maximum absolute atomic E-state index is 13.6. The first-order valence-electron chi connectivity index (χ1n) is 10.7. The average molecular weight is 550 g/mol. The Kier molecular flexibility index (Phi) is 6.23. The molecule has 1 aliphatic rings. The molecule has 0 saturated carbocycles. The fraction of sp³-hybridized carbons (Fsp3) is 0.0769. The van der Waals surface area contributed by atoms with Gasteiger partial charge in [-0.05, 0) is 63.5 Å². The Labute approximate surface area is 214 Å². The molecule has 1 N–H and O–H groups in total. The topological polar surface area (TPSA) is 86.4 Å². The van der Waals surface area contributed by atoms with E-state index in [4.69, 9.17) is 11.6 Å². The van der Waals surface area contributed by atoms with E-state index in [1.807, 2.05) is 36.4 Å². The molecule has 0 radical (unpaired) electrons. The molecule has 3 aromatic carbocycles. The van der Waals surface area contributed by atoms with Gasteiger partial charge in [0.15, 0.2) is 0 Å². The number of fused-ring (bicyclic) bond motifs is 1. The fourth-order valence-corrected chi connectivity index (χ4v) is 4.85. The van der Waals surface area contributed by atoms with Crippen molar-refractivity contribution in [1.82, 2.24) is 9.97 Å². The molecule has 7 nitrogen and oxygen atoms in total. The first-order chi connectivity index (χ1) is 16.9. The molecule has 1 aromatic heterocycles. The smallest absolute Gasteiger partial charge is 0.299 e. The van der Waals surface area contributed by atoms with E-state index in [1.165, 1.54) is 4.90 Å². The minimum Gasteiger partial charge on any atom is -0.345 e. The first kappa shape index (κ1) is 23.0. The van der Waals surface area contributed by atoms with Gasteiger partial charge in [-0.3, -0.25) is 19.3 Å². The molecule has 0 saturated heterocycles. The predicted molar refractivity (Wildman–Crippen MR) is 137 cm³/mol. The Morgan fingerprint density at radius 3 is 2.54 bits per heavy atom. The van der Waals surface area contributed by atoms with E-state index in [9.17, 15) is 14.4 Å². The van der Waals surface area contributed by atoms with Gasteiger partial charge < -0.3 is 9.88 Å². The number of hydrogen-bond donors (Lipinski definition) is 1. The second kappa shape index (κ2) is 9.48. The largest absolute Gasteiger partial charge is 0.345 e. The molecule has 0 atom stereocenters. The van der Waals surface area contributed by atoms with Crippen molar-refractivity contribution in [2.75, 3.05) is 16.3 Å². The summed E-state index contributed by atoms with van der Waals surface area (Å²) in [5, 5.41) is 0.558. The van der Waals surface area contributed by atoms with Crippen LogP contribution in [0.2, 0.25) is 5.02 Å². The summed E-state index contributed by atoms with van der Waals surface area (Å²) < 4.78 is 0.576. The molecule has 5 rings (SSSR count). The summed E-state index contributed by atoms with van der Waals surface area (Å²) in [4.78, 5) is 48.8. The maximum atomic E-state index is 13.6. The third-order valence-electron chi connectivity index (χ3n) is 5.75. The Morgan fingerprint density at radius 1 is 1.06 bits per heavy atom. The summed E-state index contributed by atoms with van der Waals surface area (Å²) in [7, 11) is 0. The summed E-state index contributed by atoms with van der Waals surface area (Å²) >= 11 is 9.58. The van der Waals surface area contributed by atoms with Gasteiger partial charge in [-0.2, -0.15) is 0 Å². The van der Waals surface area contributed by atoms with Gasteiger partial charge in [0.25, 0.3) is 11.7 Å². The monoisotopic (exact) mass is 548 g/mol. The molecular weight excluding hydrogens is 532 g/mol. The highest BCUT2D eigenvalue weighted by Gasteiger charge is 2.39. The SMILES string of the molecule is O=C1C(=O)N(CC(=O)N(Cc2cccc(Cl)c2)c2ccc(-c3cnc[nH]3)cc2)c2c(Br)cccc21. The normalized spacial score (nSPS) is 12.7. The number of imidazole rings is 1. The van der Waals surface area contributed by atoms with Crippen molar-refractivity contribution in [3.63, 3.8) is 0 Å². The number of nitrogens with zero attached hydrogens (tertiary/aromatic N) is 3. The van der Waals surface area contributed by atoms with Crippen LogP contribution in [-0.2, 0) is 16.1 Å². The van der Waals surface area contributed by atoms with Gasteiger partial charge in [0.2, 0.25) is 5.91 Å². The van der Waals surface area contributed by atoms with Crippen molar-refractivity contribution >= 4 is 56.5 Å². The van der Waals surface area contributed by atoms with Crippen LogP contribution in [0.25, 0.3) is 11.3 Å². The second-order valence-corrected chi connectivity index (χ2v) is 9.27. The lowest BCUT2D eigenvalue weighted by molar-refractivity contribution is -0.120. The Balaban J connectivity index is 1.48. The van der Waals surface area contributed by atoms with Gasteiger partial charge in [-0.15, -0.1) is 0 Å². The molecule has 2 amide bonds. The Hall–Kier alpha value is -3.75. The number of aromatic amines is 1. The highest BCUT2D eigenvalue weighted by Crippen LogP contribution is 2.36. The number of para-hydroxylation sites is 1. The van der Waals surface area contributed by atoms with Crippen LogP contribution in [0.4, 0.5) is 11.4 Å². The zero-order chi connectivity index (χ0) is 24.5. The number of H-pyrrole nitrogens is 1. The van der Waals surface area contributed by atoms with E-state index >= 15 is 0 Å². The van der Waals surface area contributed by atoms with Crippen molar-refractivity contribution in [2.45, 2.75) is 6.54 Å². The standard InChI is InChI=1S/C26H18BrClN4O3/c27-21-6-2-5-20-24(21)32(26(35)25(20)34)14-23(33)31(13-16-3-1-4-18(28)11-16)19-9-7-17(8-10-19)22-12-29-15-30-22/h1-12,15H,13-14H2,(H,29,30). The van der Waals surface area contributed by atoms with Gasteiger partial charge in [0, 0.05) is 15.2 Å². The first-order valence-corrected chi connectivity index (χ1v) is 11.9. The Morgan fingerprint density at radius 2 is 1.83 bits per heavy atom. The number of hydrogen-bond acceptors (Lipinski definition) is 4. The number of Topliss-reactive ketones (excluding diaryl/α,β-unsaturated/α-hetero) is 1. The number of nitrogens with one attached hydrogen (secondary N) is 1. The summed E-state index contributed by atoms with van der Waals surface area (Å²) in [6.45, 7) is -0.0509. The molecule has 2 heterocycles. The highest BCUT2D eigenvalue weighted by molar-refractivity contribution is 9.10. The van der Waals surface area contributed by atoms with E-state index in [2.05, 4.69) is 25.9 Å². The summed E-state index contributed by atoms with van der Waals surface area (Å²) in [6.07, 6.45) is 3.32. The predicted octanol–water partition coefficient (Wildman–Crippen LogP) is 5.26. The zero-order valence-corrected chi connectivity index (χ0v) is 20.6. The molecule has 4 aromatic rings. The third-order valence-corrected chi connectivity index (χ3v) is 6.63. The summed E-state index contributed by atoms with van der Waals surface area (Å²) in [5.74, 6) is -1.69.